The number of aromatic nitrogens is 3. The number of carbonyl (C=O) groups is 1. The molecule has 0 bridgehead atoms. The summed E-state index contributed by atoms with van der Waals surface area (Å²) < 4.78 is 7.67. The molecule has 1 N–H and O–H groups in total. The predicted molar refractivity (Wildman–Crippen MR) is 97.4 cm³/mol. The van der Waals surface area contributed by atoms with Crippen LogP contribution in [-0.2, 0) is 11.8 Å². The van der Waals surface area contributed by atoms with Gasteiger partial charge in [-0.1, -0.05) is 11.6 Å². The number of hydrogen-bond acceptors (Lipinski definition) is 5. The molecule has 0 radical (unpaired) electrons. The molecule has 0 aromatic carbocycles. The number of aryl methyl sites for hydroxylation is 1. The predicted octanol–water partition coefficient (Wildman–Crippen LogP) is 0.906. The Kier molecular flexibility index (Phi) is 5.45. The van der Waals surface area contributed by atoms with Gasteiger partial charge in [0.2, 0.25) is 0 Å². The fourth-order valence-corrected chi connectivity index (χ4v) is 3.38. The molecule has 1 amide bonds. The van der Waals surface area contributed by atoms with Gasteiger partial charge in [0.15, 0.2) is 0 Å². The van der Waals surface area contributed by atoms with Crippen molar-refractivity contribution in [2.45, 2.75) is 12.1 Å². The number of ether oxygens (including phenoxy) is 1. The highest BCUT2D eigenvalue weighted by Gasteiger charge is 2.37. The van der Waals surface area contributed by atoms with Gasteiger partial charge in [0.1, 0.15) is 5.02 Å². The SMILES string of the molecule is CN(C)C[C@@H]1OCCN(C(=O)c2c[nH]c(=O)c(Cl)c2)[C@H]1c1cnn(C)c1. The molecule has 3 rings (SSSR count). The van der Waals surface area contributed by atoms with Gasteiger partial charge in [-0.05, 0) is 20.2 Å². The van der Waals surface area contributed by atoms with Crippen LogP contribution < -0.4 is 5.56 Å². The van der Waals surface area contributed by atoms with Gasteiger partial charge in [-0.25, -0.2) is 0 Å². The second-order valence-corrected chi connectivity index (χ2v) is 7.03. The molecule has 140 valence electrons. The van der Waals surface area contributed by atoms with Crippen LogP contribution in [0.1, 0.15) is 22.0 Å². The van der Waals surface area contributed by atoms with Crippen LogP contribution in [0.5, 0.6) is 0 Å². The molecule has 1 saturated heterocycles. The molecule has 26 heavy (non-hydrogen) atoms. The quantitative estimate of drug-likeness (QED) is 0.853. The summed E-state index contributed by atoms with van der Waals surface area (Å²) in [5.74, 6) is -0.205. The van der Waals surface area contributed by atoms with Crippen LogP contribution in [0, 0.1) is 0 Å². The summed E-state index contributed by atoms with van der Waals surface area (Å²) in [6, 6.07) is 1.12. The highest BCUT2D eigenvalue weighted by Crippen LogP contribution is 2.31. The van der Waals surface area contributed by atoms with Gasteiger partial charge in [-0.3, -0.25) is 14.3 Å². The Hall–Kier alpha value is -2.16. The van der Waals surface area contributed by atoms with Crippen LogP contribution >= 0.6 is 11.6 Å². The number of likely N-dealkylation sites (N-methyl/N-ethyl adjacent to an activating group) is 1. The van der Waals surface area contributed by atoms with Gasteiger partial charge in [-0.15, -0.1) is 0 Å². The Morgan fingerprint density at radius 1 is 1.50 bits per heavy atom. The highest BCUT2D eigenvalue weighted by molar-refractivity contribution is 6.30. The second kappa shape index (κ2) is 7.61. The Morgan fingerprint density at radius 2 is 2.27 bits per heavy atom. The number of halogens is 1. The second-order valence-electron chi connectivity index (χ2n) is 6.63. The molecule has 1 aliphatic heterocycles. The van der Waals surface area contributed by atoms with Crippen LogP contribution in [-0.4, -0.2) is 70.4 Å². The zero-order valence-electron chi connectivity index (χ0n) is 15.0. The van der Waals surface area contributed by atoms with Crippen molar-refractivity contribution >= 4 is 17.5 Å². The van der Waals surface area contributed by atoms with E-state index in [1.165, 1.54) is 12.3 Å². The lowest BCUT2D eigenvalue weighted by Crippen LogP contribution is -2.51. The number of hydrogen-bond donors (Lipinski definition) is 1. The van der Waals surface area contributed by atoms with Crippen LogP contribution in [0.25, 0.3) is 0 Å². The standard InChI is InChI=1S/C17H22ClN5O3/c1-21(2)10-14-15(12-8-20-22(3)9-12)23(4-5-26-14)17(25)11-6-13(18)16(24)19-7-11/h6-9,14-15H,4-5,10H2,1-3H3,(H,19,24)/t14-,15-/m0/s1. The van der Waals surface area contributed by atoms with Crippen molar-refractivity contribution in [2.75, 3.05) is 33.8 Å². The van der Waals surface area contributed by atoms with E-state index in [9.17, 15) is 9.59 Å². The Morgan fingerprint density at radius 3 is 2.88 bits per heavy atom. The van der Waals surface area contributed by atoms with Gasteiger partial charge >= 0.3 is 0 Å². The fraction of sp³-hybridized carbons (Fsp3) is 0.471. The summed E-state index contributed by atoms with van der Waals surface area (Å²) in [6.45, 7) is 1.55. The average Bonchev–Trinajstić information content (AvgIpc) is 3.02. The number of nitrogens with one attached hydrogen (secondary N) is 1. The van der Waals surface area contributed by atoms with Crippen molar-refractivity contribution < 1.29 is 9.53 Å². The van der Waals surface area contributed by atoms with Gasteiger partial charge in [0.25, 0.3) is 11.5 Å². The van der Waals surface area contributed by atoms with Crippen LogP contribution in [0.15, 0.2) is 29.5 Å². The highest BCUT2D eigenvalue weighted by atomic mass is 35.5. The van der Waals surface area contributed by atoms with Crippen molar-refractivity contribution in [1.82, 2.24) is 24.6 Å². The number of aromatic amines is 1. The Balaban J connectivity index is 1.97. The Bertz CT molecular complexity index is 847. The maximum absolute atomic E-state index is 13.1. The number of rotatable bonds is 4. The molecule has 0 unspecified atom stereocenters. The minimum Gasteiger partial charge on any atom is -0.373 e. The van der Waals surface area contributed by atoms with Gasteiger partial charge in [0, 0.05) is 38.1 Å². The zero-order valence-corrected chi connectivity index (χ0v) is 15.7. The van der Waals surface area contributed by atoms with Crippen molar-refractivity contribution in [1.29, 1.82) is 0 Å². The van der Waals surface area contributed by atoms with Crippen molar-refractivity contribution in [3.63, 3.8) is 0 Å². The van der Waals surface area contributed by atoms with E-state index in [1.54, 1.807) is 15.8 Å². The number of amides is 1. The number of nitrogens with zero attached hydrogens (tertiary/aromatic N) is 4. The monoisotopic (exact) mass is 379 g/mol. The van der Waals surface area contributed by atoms with E-state index in [1.807, 2.05) is 32.2 Å². The topological polar surface area (TPSA) is 83.5 Å². The molecule has 2 atom stereocenters. The number of carbonyl (C=O) groups excluding carboxylic acids is 1. The maximum Gasteiger partial charge on any atom is 0.266 e. The first kappa shape index (κ1) is 18.6. The smallest absolute Gasteiger partial charge is 0.266 e. The van der Waals surface area contributed by atoms with E-state index < -0.39 is 5.56 Å². The summed E-state index contributed by atoms with van der Waals surface area (Å²) in [5, 5.41) is 4.23. The minimum atomic E-state index is -0.417. The van der Waals surface area contributed by atoms with E-state index in [-0.39, 0.29) is 23.1 Å². The molecule has 3 heterocycles. The van der Waals surface area contributed by atoms with Crippen molar-refractivity contribution in [3.8, 4) is 0 Å². The largest absolute Gasteiger partial charge is 0.373 e. The van der Waals surface area contributed by atoms with Crippen LogP contribution in [0.3, 0.4) is 0 Å². The van der Waals surface area contributed by atoms with E-state index in [0.717, 1.165) is 5.56 Å². The molecule has 2 aromatic rings. The first-order valence-electron chi connectivity index (χ1n) is 8.31. The first-order chi connectivity index (χ1) is 12.4. The number of morpholine rings is 1. The Labute approximate surface area is 156 Å². The molecular formula is C17H22ClN5O3. The summed E-state index contributed by atoms with van der Waals surface area (Å²) in [5.41, 5.74) is 0.830. The van der Waals surface area contributed by atoms with E-state index >= 15 is 0 Å². The molecule has 0 spiro atoms. The minimum absolute atomic E-state index is 0.00752. The summed E-state index contributed by atoms with van der Waals surface area (Å²) in [7, 11) is 5.76. The first-order valence-corrected chi connectivity index (χ1v) is 8.68. The van der Waals surface area contributed by atoms with Crippen molar-refractivity contribution in [3.05, 3.63) is 51.2 Å². The summed E-state index contributed by atoms with van der Waals surface area (Å²) in [4.78, 5) is 30.9. The molecule has 1 fully saturated rings. The molecule has 8 nitrogen and oxygen atoms in total. The zero-order chi connectivity index (χ0) is 18.8. The lowest BCUT2D eigenvalue weighted by Gasteiger charge is -2.41. The third kappa shape index (κ3) is 3.82. The molecular weight excluding hydrogens is 358 g/mol. The molecule has 9 heteroatoms. The summed E-state index contributed by atoms with van der Waals surface area (Å²) in [6.07, 6.45) is 4.85. The molecule has 2 aromatic heterocycles. The fourth-order valence-electron chi connectivity index (χ4n) is 3.21. The van der Waals surface area contributed by atoms with Crippen molar-refractivity contribution in [2.24, 2.45) is 7.05 Å². The van der Waals surface area contributed by atoms with Crippen LogP contribution in [0.4, 0.5) is 0 Å². The average molecular weight is 380 g/mol. The summed E-state index contributed by atoms with van der Waals surface area (Å²) >= 11 is 5.89. The lowest BCUT2D eigenvalue weighted by molar-refractivity contribution is -0.0684. The number of pyridine rings is 1. The third-order valence-electron chi connectivity index (χ3n) is 4.33. The van der Waals surface area contributed by atoms with E-state index in [4.69, 9.17) is 16.3 Å². The van der Waals surface area contributed by atoms with Gasteiger partial charge in [0.05, 0.1) is 30.5 Å². The van der Waals surface area contributed by atoms with E-state index in [0.29, 0.717) is 25.3 Å². The molecule has 1 aliphatic rings. The molecule has 0 saturated carbocycles. The van der Waals surface area contributed by atoms with Gasteiger partial charge in [-0.2, -0.15) is 5.10 Å². The third-order valence-corrected chi connectivity index (χ3v) is 4.61. The lowest BCUT2D eigenvalue weighted by atomic mass is 9.99. The van der Waals surface area contributed by atoms with E-state index in [2.05, 4.69) is 10.1 Å². The van der Waals surface area contributed by atoms with Gasteiger partial charge < -0.3 is 19.5 Å². The number of H-pyrrole nitrogens is 1. The maximum atomic E-state index is 13.1. The normalized spacial score (nSPS) is 20.6. The van der Waals surface area contributed by atoms with Crippen LogP contribution in [0.2, 0.25) is 5.02 Å². The molecule has 0 aliphatic carbocycles.